The molecule has 0 unspecified atom stereocenters. The van der Waals surface area contributed by atoms with Crippen LogP contribution in [0.25, 0.3) is 0 Å². The molecule has 18 heavy (non-hydrogen) atoms. The van der Waals surface area contributed by atoms with Crippen molar-refractivity contribution in [2.75, 3.05) is 0 Å². The summed E-state index contributed by atoms with van der Waals surface area (Å²) in [6, 6.07) is 6.81. The van der Waals surface area contributed by atoms with Gasteiger partial charge in [-0.05, 0) is 34.1 Å². The lowest BCUT2D eigenvalue weighted by Crippen LogP contribution is -1.95. The fourth-order valence-corrected chi connectivity index (χ4v) is 1.57. The Hall–Kier alpha value is -2.00. The van der Waals surface area contributed by atoms with E-state index in [-0.39, 0.29) is 17.2 Å². The molecule has 0 fully saturated rings. The van der Waals surface area contributed by atoms with Crippen molar-refractivity contribution < 1.29 is 13.5 Å². The summed E-state index contributed by atoms with van der Waals surface area (Å²) in [6.07, 6.45) is 1.41. The van der Waals surface area contributed by atoms with Gasteiger partial charge in [-0.1, -0.05) is 6.07 Å². The van der Waals surface area contributed by atoms with Gasteiger partial charge in [0, 0.05) is 10.7 Å². The van der Waals surface area contributed by atoms with Crippen LogP contribution < -0.4 is 4.74 Å². The van der Waals surface area contributed by atoms with Crippen LogP contribution in [0.1, 0.15) is 5.69 Å². The fourth-order valence-electron chi connectivity index (χ4n) is 1.26. The van der Waals surface area contributed by atoms with E-state index in [0.717, 1.165) is 6.07 Å². The second kappa shape index (κ2) is 5.10. The molecule has 90 valence electrons. The van der Waals surface area contributed by atoms with Gasteiger partial charge in [-0.15, -0.1) is 0 Å². The molecular formula is C12H5BrF2N2O. The van der Waals surface area contributed by atoms with E-state index in [4.69, 9.17) is 10.00 Å². The van der Waals surface area contributed by atoms with Crippen LogP contribution in [0.2, 0.25) is 0 Å². The molecule has 0 N–H and O–H groups in total. The summed E-state index contributed by atoms with van der Waals surface area (Å²) in [5.74, 6) is -2.38. The van der Waals surface area contributed by atoms with Gasteiger partial charge in [-0.3, -0.25) is 0 Å². The molecule has 0 aliphatic heterocycles. The summed E-state index contributed by atoms with van der Waals surface area (Å²) in [5.41, 5.74) is -0.0122. The van der Waals surface area contributed by atoms with Crippen LogP contribution in [0, 0.1) is 23.0 Å². The zero-order chi connectivity index (χ0) is 13.1. The van der Waals surface area contributed by atoms with Gasteiger partial charge in [-0.25, -0.2) is 9.37 Å². The molecule has 0 radical (unpaired) electrons. The van der Waals surface area contributed by atoms with Gasteiger partial charge in [0.1, 0.15) is 6.07 Å². The van der Waals surface area contributed by atoms with Gasteiger partial charge in [0.05, 0.1) is 0 Å². The molecule has 1 aromatic carbocycles. The summed E-state index contributed by atoms with van der Waals surface area (Å²) in [7, 11) is 0. The van der Waals surface area contributed by atoms with Gasteiger partial charge < -0.3 is 4.74 Å². The molecule has 0 aliphatic rings. The Labute approximate surface area is 110 Å². The van der Waals surface area contributed by atoms with Crippen molar-refractivity contribution in [1.29, 1.82) is 5.26 Å². The first-order chi connectivity index (χ1) is 8.61. The zero-order valence-corrected chi connectivity index (χ0v) is 10.4. The molecule has 0 bridgehead atoms. The van der Waals surface area contributed by atoms with Crippen molar-refractivity contribution in [3.05, 3.63) is 52.3 Å². The fraction of sp³-hybridized carbons (Fsp3) is 0. The Morgan fingerprint density at radius 1 is 1.28 bits per heavy atom. The lowest BCUT2D eigenvalue weighted by Gasteiger charge is -2.08. The van der Waals surface area contributed by atoms with Crippen LogP contribution in [-0.2, 0) is 0 Å². The van der Waals surface area contributed by atoms with Gasteiger partial charge >= 0.3 is 0 Å². The number of nitriles is 1. The number of pyridine rings is 1. The van der Waals surface area contributed by atoms with Crippen molar-refractivity contribution >= 4 is 15.9 Å². The maximum absolute atomic E-state index is 13.4. The van der Waals surface area contributed by atoms with Crippen LogP contribution in [-0.4, -0.2) is 4.98 Å². The van der Waals surface area contributed by atoms with Crippen molar-refractivity contribution in [3.8, 4) is 17.6 Å². The van der Waals surface area contributed by atoms with Crippen molar-refractivity contribution in [2.45, 2.75) is 0 Å². The van der Waals surface area contributed by atoms with E-state index in [0.29, 0.717) is 4.47 Å². The zero-order valence-electron chi connectivity index (χ0n) is 8.82. The summed E-state index contributed by atoms with van der Waals surface area (Å²) in [4.78, 5) is 3.80. The highest BCUT2D eigenvalue weighted by atomic mass is 79.9. The summed E-state index contributed by atoms with van der Waals surface area (Å²) in [5, 5.41) is 8.84. The third kappa shape index (κ3) is 2.46. The summed E-state index contributed by atoms with van der Waals surface area (Å²) in [6.45, 7) is 0. The van der Waals surface area contributed by atoms with E-state index in [1.807, 2.05) is 0 Å². The van der Waals surface area contributed by atoms with Gasteiger partial charge in [0.2, 0.25) is 5.82 Å². The van der Waals surface area contributed by atoms with Crippen LogP contribution in [0.5, 0.6) is 11.5 Å². The van der Waals surface area contributed by atoms with E-state index in [2.05, 4.69) is 20.9 Å². The second-order valence-corrected chi connectivity index (χ2v) is 4.18. The SMILES string of the molecule is N#Cc1ncc(Br)cc1Oc1cccc(F)c1F. The molecule has 0 saturated heterocycles. The van der Waals surface area contributed by atoms with Gasteiger partial charge in [0.25, 0.3) is 0 Å². The second-order valence-electron chi connectivity index (χ2n) is 3.27. The van der Waals surface area contributed by atoms with Crippen molar-refractivity contribution in [2.24, 2.45) is 0 Å². The highest BCUT2D eigenvalue weighted by Gasteiger charge is 2.13. The van der Waals surface area contributed by atoms with Gasteiger partial charge in [0.15, 0.2) is 23.0 Å². The molecule has 6 heteroatoms. The molecule has 1 heterocycles. The minimum atomic E-state index is -1.11. The molecule has 1 aromatic heterocycles. The molecule has 2 aromatic rings. The normalized spacial score (nSPS) is 9.89. The van der Waals surface area contributed by atoms with E-state index >= 15 is 0 Å². The number of benzene rings is 1. The monoisotopic (exact) mass is 310 g/mol. The highest BCUT2D eigenvalue weighted by molar-refractivity contribution is 9.10. The Balaban J connectivity index is 2.43. The minimum Gasteiger partial charge on any atom is -0.451 e. The van der Waals surface area contributed by atoms with Gasteiger partial charge in [-0.2, -0.15) is 9.65 Å². The Bertz CT molecular complexity index is 640. The molecule has 2 rings (SSSR count). The maximum atomic E-state index is 13.4. The predicted octanol–water partition coefficient (Wildman–Crippen LogP) is 3.79. The quantitative estimate of drug-likeness (QED) is 0.848. The first-order valence-corrected chi connectivity index (χ1v) is 5.58. The number of ether oxygens (including phenoxy) is 1. The molecule has 0 saturated carbocycles. The average Bonchev–Trinajstić information content (AvgIpc) is 2.35. The Morgan fingerprint density at radius 2 is 2.06 bits per heavy atom. The summed E-state index contributed by atoms with van der Waals surface area (Å²) >= 11 is 3.15. The number of hydrogen-bond donors (Lipinski definition) is 0. The van der Waals surface area contributed by atoms with E-state index in [9.17, 15) is 8.78 Å². The number of aromatic nitrogens is 1. The van der Waals surface area contributed by atoms with Crippen LogP contribution >= 0.6 is 15.9 Å². The van der Waals surface area contributed by atoms with E-state index in [1.54, 1.807) is 6.07 Å². The lowest BCUT2D eigenvalue weighted by atomic mass is 10.3. The minimum absolute atomic E-state index is 0.0122. The molecule has 0 atom stereocenters. The lowest BCUT2D eigenvalue weighted by molar-refractivity contribution is 0.414. The van der Waals surface area contributed by atoms with Crippen molar-refractivity contribution in [1.82, 2.24) is 4.98 Å². The predicted molar refractivity (Wildman–Crippen MR) is 63.1 cm³/mol. The molecule has 0 aliphatic carbocycles. The Morgan fingerprint density at radius 3 is 2.78 bits per heavy atom. The van der Waals surface area contributed by atoms with Crippen LogP contribution in [0.3, 0.4) is 0 Å². The maximum Gasteiger partial charge on any atom is 0.201 e. The van der Waals surface area contributed by atoms with E-state index < -0.39 is 11.6 Å². The number of hydrogen-bond acceptors (Lipinski definition) is 3. The topological polar surface area (TPSA) is 45.9 Å². The van der Waals surface area contributed by atoms with Crippen molar-refractivity contribution in [3.63, 3.8) is 0 Å². The smallest absolute Gasteiger partial charge is 0.201 e. The molecule has 3 nitrogen and oxygen atoms in total. The number of nitrogens with zero attached hydrogens (tertiary/aromatic N) is 2. The molecule has 0 spiro atoms. The van der Waals surface area contributed by atoms with Crippen LogP contribution in [0.4, 0.5) is 8.78 Å². The first kappa shape index (κ1) is 12.5. The molecular weight excluding hydrogens is 306 g/mol. The van der Waals surface area contributed by atoms with E-state index in [1.165, 1.54) is 24.4 Å². The number of halogens is 3. The highest BCUT2D eigenvalue weighted by Crippen LogP contribution is 2.29. The van der Waals surface area contributed by atoms with Crippen LogP contribution in [0.15, 0.2) is 34.9 Å². The standard InChI is InChI=1S/C12H5BrF2N2O/c13-7-4-11(9(5-16)17-6-7)18-10-3-1-2-8(14)12(10)15/h1-4,6H. The molecule has 0 amide bonds. The summed E-state index contributed by atoms with van der Waals surface area (Å²) < 4.78 is 32.1. The Kier molecular flexibility index (Phi) is 3.53. The first-order valence-electron chi connectivity index (χ1n) is 4.79. The number of rotatable bonds is 2. The third-order valence-corrected chi connectivity index (χ3v) is 2.50. The average molecular weight is 311 g/mol. The third-order valence-electron chi connectivity index (χ3n) is 2.06. The largest absolute Gasteiger partial charge is 0.451 e.